The molecule has 8 heteroatoms. The van der Waals surface area contributed by atoms with E-state index in [1.807, 2.05) is 51.2 Å². The van der Waals surface area contributed by atoms with Crippen molar-refractivity contribution in [1.82, 2.24) is 20.3 Å². The fourth-order valence-electron chi connectivity index (χ4n) is 3.79. The Balaban J connectivity index is 1.44. The van der Waals surface area contributed by atoms with E-state index in [1.54, 1.807) is 6.20 Å². The number of rotatable bonds is 4. The van der Waals surface area contributed by atoms with Crippen LogP contribution in [0.2, 0.25) is 5.02 Å². The van der Waals surface area contributed by atoms with Gasteiger partial charge in [-0.15, -0.1) is 0 Å². The number of anilines is 1. The number of hydrogen-bond acceptors (Lipinski definition) is 5. The summed E-state index contributed by atoms with van der Waals surface area (Å²) in [5, 5.41) is 7.90. The largest absolute Gasteiger partial charge is 0.444 e. The van der Waals surface area contributed by atoms with Gasteiger partial charge in [-0.1, -0.05) is 29.8 Å². The minimum atomic E-state index is -0.504. The zero-order valence-electron chi connectivity index (χ0n) is 17.3. The van der Waals surface area contributed by atoms with Crippen molar-refractivity contribution in [2.75, 3.05) is 5.32 Å². The van der Waals surface area contributed by atoms with Crippen LogP contribution in [0.3, 0.4) is 0 Å². The molecule has 4 rings (SSSR count). The lowest BCUT2D eigenvalue weighted by Gasteiger charge is -2.21. The van der Waals surface area contributed by atoms with E-state index in [0.717, 1.165) is 35.7 Å². The van der Waals surface area contributed by atoms with Crippen molar-refractivity contribution < 1.29 is 9.53 Å². The highest BCUT2D eigenvalue weighted by Gasteiger charge is 2.28. The lowest BCUT2D eigenvalue weighted by Crippen LogP contribution is -2.38. The van der Waals surface area contributed by atoms with Crippen molar-refractivity contribution in [2.45, 2.75) is 57.7 Å². The maximum atomic E-state index is 12.0. The van der Waals surface area contributed by atoms with E-state index in [1.165, 1.54) is 0 Å². The molecule has 2 aromatic heterocycles. The van der Waals surface area contributed by atoms with Gasteiger partial charge in [0.15, 0.2) is 0 Å². The highest BCUT2D eigenvalue weighted by molar-refractivity contribution is 6.33. The van der Waals surface area contributed by atoms with E-state index in [-0.39, 0.29) is 18.2 Å². The predicted molar refractivity (Wildman–Crippen MR) is 119 cm³/mol. The molecule has 1 amide bonds. The number of nitrogens with one attached hydrogen (secondary N) is 3. The highest BCUT2D eigenvalue weighted by Crippen LogP contribution is 2.32. The summed E-state index contributed by atoms with van der Waals surface area (Å²) < 4.78 is 5.35. The van der Waals surface area contributed by atoms with Crippen molar-refractivity contribution in [3.8, 4) is 11.3 Å². The highest BCUT2D eigenvalue weighted by atomic mass is 35.5. The first-order valence-corrected chi connectivity index (χ1v) is 10.5. The molecular formula is C22H26ClN5O2. The standard InChI is InChI=1S/C22H26ClN5O2/c1-22(2,3)30-21(29)27-14-9-8-13(10-14)26-20-25-12-17(23)19(28-20)16-11-24-18-7-5-4-6-15(16)18/h4-7,11-14,24H,8-10H2,1-3H3,(H,27,29)(H,25,26,28)/t13-,14-/m0/s1. The van der Waals surface area contributed by atoms with Crippen LogP contribution in [-0.2, 0) is 4.74 Å². The second-order valence-corrected chi connectivity index (χ2v) is 9.04. The van der Waals surface area contributed by atoms with Crippen LogP contribution in [0.15, 0.2) is 36.7 Å². The molecule has 30 heavy (non-hydrogen) atoms. The number of ether oxygens (including phenoxy) is 1. The summed E-state index contributed by atoms with van der Waals surface area (Å²) in [4.78, 5) is 24.3. The van der Waals surface area contributed by atoms with E-state index in [0.29, 0.717) is 16.7 Å². The second-order valence-electron chi connectivity index (χ2n) is 8.64. The molecule has 0 spiro atoms. The molecule has 0 unspecified atom stereocenters. The minimum Gasteiger partial charge on any atom is -0.444 e. The number of nitrogens with zero attached hydrogens (tertiary/aromatic N) is 2. The summed E-state index contributed by atoms with van der Waals surface area (Å²) in [7, 11) is 0. The first-order valence-electron chi connectivity index (χ1n) is 10.1. The van der Waals surface area contributed by atoms with Crippen LogP contribution in [0.4, 0.5) is 10.7 Å². The minimum absolute atomic E-state index is 0.0673. The average molecular weight is 428 g/mol. The van der Waals surface area contributed by atoms with Gasteiger partial charge in [-0.2, -0.15) is 0 Å². The van der Waals surface area contributed by atoms with Crippen molar-refractivity contribution in [3.05, 3.63) is 41.7 Å². The maximum Gasteiger partial charge on any atom is 0.407 e. The first-order chi connectivity index (χ1) is 14.3. The molecule has 0 saturated heterocycles. The monoisotopic (exact) mass is 427 g/mol. The molecule has 3 aromatic rings. The number of fused-ring (bicyclic) bond motifs is 1. The first kappa shape index (κ1) is 20.5. The van der Waals surface area contributed by atoms with Crippen LogP contribution in [0, 0.1) is 0 Å². The summed E-state index contributed by atoms with van der Waals surface area (Å²) in [6.07, 6.45) is 5.73. The van der Waals surface area contributed by atoms with Gasteiger partial charge in [-0.25, -0.2) is 14.8 Å². The molecule has 3 N–H and O–H groups in total. The third kappa shape index (κ3) is 4.67. The van der Waals surface area contributed by atoms with Gasteiger partial charge < -0.3 is 20.4 Å². The van der Waals surface area contributed by atoms with Crippen molar-refractivity contribution in [2.24, 2.45) is 0 Å². The van der Waals surface area contributed by atoms with E-state index < -0.39 is 5.60 Å². The van der Waals surface area contributed by atoms with Crippen LogP contribution in [0.25, 0.3) is 22.2 Å². The Bertz CT molecular complexity index is 1060. The summed E-state index contributed by atoms with van der Waals surface area (Å²) in [5.41, 5.74) is 2.16. The fraction of sp³-hybridized carbons (Fsp3) is 0.409. The van der Waals surface area contributed by atoms with Crippen molar-refractivity contribution >= 4 is 34.5 Å². The Kier molecular flexibility index (Phi) is 5.56. The number of carbonyl (C=O) groups is 1. The number of para-hydroxylation sites is 1. The smallest absolute Gasteiger partial charge is 0.407 e. The normalized spacial score (nSPS) is 19.1. The Morgan fingerprint density at radius 1 is 1.23 bits per heavy atom. The van der Waals surface area contributed by atoms with Crippen molar-refractivity contribution in [3.63, 3.8) is 0 Å². The zero-order valence-corrected chi connectivity index (χ0v) is 18.1. The number of alkyl carbamates (subject to hydrolysis) is 1. The van der Waals surface area contributed by atoms with Gasteiger partial charge in [0, 0.05) is 34.7 Å². The van der Waals surface area contributed by atoms with E-state index in [4.69, 9.17) is 16.3 Å². The Morgan fingerprint density at radius 2 is 2.00 bits per heavy atom. The Hall–Kier alpha value is -2.80. The molecule has 7 nitrogen and oxygen atoms in total. The van der Waals surface area contributed by atoms with E-state index in [2.05, 4.69) is 25.6 Å². The van der Waals surface area contributed by atoms with Gasteiger partial charge in [-0.05, 0) is 46.1 Å². The van der Waals surface area contributed by atoms with Crippen LogP contribution in [0.1, 0.15) is 40.0 Å². The Morgan fingerprint density at radius 3 is 2.80 bits per heavy atom. The quantitative estimate of drug-likeness (QED) is 0.536. The SMILES string of the molecule is CC(C)(C)OC(=O)N[C@H]1CC[C@H](Nc2ncc(Cl)c(-c3c[nH]c4ccccc34)n2)C1. The lowest BCUT2D eigenvalue weighted by atomic mass is 10.1. The molecule has 1 aliphatic rings. The molecule has 0 radical (unpaired) electrons. The van der Waals surface area contributed by atoms with Gasteiger partial charge in [-0.3, -0.25) is 0 Å². The van der Waals surface area contributed by atoms with Gasteiger partial charge in [0.05, 0.1) is 16.9 Å². The third-order valence-corrected chi connectivity index (χ3v) is 5.35. The number of aromatic amines is 1. The van der Waals surface area contributed by atoms with Gasteiger partial charge in [0.1, 0.15) is 5.60 Å². The van der Waals surface area contributed by atoms with Crippen molar-refractivity contribution in [1.29, 1.82) is 0 Å². The molecule has 2 heterocycles. The van der Waals surface area contributed by atoms with Gasteiger partial charge in [0.2, 0.25) is 5.95 Å². The number of benzene rings is 1. The molecule has 1 aromatic carbocycles. The Labute approximate surface area is 180 Å². The average Bonchev–Trinajstić information content (AvgIpc) is 3.28. The topological polar surface area (TPSA) is 91.9 Å². The number of amides is 1. The maximum absolute atomic E-state index is 12.0. The number of carbonyl (C=O) groups excluding carboxylic acids is 1. The predicted octanol–water partition coefficient (Wildman–Crippen LogP) is 5.14. The molecule has 0 bridgehead atoms. The summed E-state index contributed by atoms with van der Waals surface area (Å²) in [6.45, 7) is 5.57. The number of H-pyrrole nitrogens is 1. The molecule has 158 valence electrons. The number of aromatic nitrogens is 3. The van der Waals surface area contributed by atoms with Crippen LogP contribution in [0.5, 0.6) is 0 Å². The number of hydrogen-bond donors (Lipinski definition) is 3. The number of halogens is 1. The third-order valence-electron chi connectivity index (χ3n) is 5.08. The molecule has 1 aliphatic carbocycles. The second kappa shape index (κ2) is 8.14. The van der Waals surface area contributed by atoms with Crippen LogP contribution >= 0.6 is 11.6 Å². The molecule has 0 aliphatic heterocycles. The zero-order chi connectivity index (χ0) is 21.3. The van der Waals surface area contributed by atoms with Crippen LogP contribution < -0.4 is 10.6 Å². The van der Waals surface area contributed by atoms with Gasteiger partial charge in [0.25, 0.3) is 0 Å². The van der Waals surface area contributed by atoms with E-state index >= 15 is 0 Å². The molecule has 1 saturated carbocycles. The summed E-state index contributed by atoms with van der Waals surface area (Å²) in [5.74, 6) is 0.530. The molecule has 2 atom stereocenters. The van der Waals surface area contributed by atoms with Crippen LogP contribution in [-0.4, -0.2) is 38.7 Å². The molecular weight excluding hydrogens is 402 g/mol. The summed E-state index contributed by atoms with van der Waals surface area (Å²) >= 11 is 6.41. The fourth-order valence-corrected chi connectivity index (χ4v) is 3.99. The van der Waals surface area contributed by atoms with E-state index in [9.17, 15) is 4.79 Å². The summed E-state index contributed by atoms with van der Waals surface area (Å²) in [6, 6.07) is 8.27. The van der Waals surface area contributed by atoms with Gasteiger partial charge >= 0.3 is 6.09 Å². The molecule has 1 fully saturated rings. The lowest BCUT2D eigenvalue weighted by molar-refractivity contribution is 0.0505.